The minimum absolute atomic E-state index is 0.00910. The maximum atomic E-state index is 12.1. The third-order valence-electron chi connectivity index (χ3n) is 7.53. The lowest BCUT2D eigenvalue weighted by Gasteiger charge is -2.33. The Bertz CT molecular complexity index is 1160. The summed E-state index contributed by atoms with van der Waals surface area (Å²) in [6.45, 7) is -1.95. The fraction of sp³-hybridized carbons (Fsp3) is 0.630. The van der Waals surface area contributed by atoms with E-state index in [0.29, 0.717) is 12.8 Å². The highest BCUT2D eigenvalue weighted by atomic mass is 16.4. The summed E-state index contributed by atoms with van der Waals surface area (Å²) in [7, 11) is 0. The van der Waals surface area contributed by atoms with Crippen molar-refractivity contribution in [1.82, 2.24) is 24.9 Å². The second-order valence-electron chi connectivity index (χ2n) is 10.8. The van der Waals surface area contributed by atoms with Crippen molar-refractivity contribution in [2.45, 2.75) is 56.7 Å². The average molecular weight is 642 g/mol. The molecule has 250 valence electrons. The van der Waals surface area contributed by atoms with Crippen LogP contribution in [0, 0.1) is 0 Å². The minimum atomic E-state index is -1.31. The molecule has 3 atom stereocenters. The SMILES string of the molecule is O=C(O)CN(CCN(CC(=O)O)C(CCCCNC(=O)CCN1C(=O)C=CC1=O)C(=O)O)C[C@H]1CC[C@H](C(=O)O)N1CC(=O)O. The summed E-state index contributed by atoms with van der Waals surface area (Å²) in [5.41, 5.74) is 0. The second kappa shape index (κ2) is 17.8. The van der Waals surface area contributed by atoms with Crippen LogP contribution in [0.3, 0.4) is 0 Å². The molecule has 3 amide bonds. The number of amides is 3. The molecule has 0 bridgehead atoms. The normalized spacial score (nSPS) is 18.9. The molecular weight excluding hydrogens is 602 g/mol. The molecule has 0 aliphatic carbocycles. The van der Waals surface area contributed by atoms with Gasteiger partial charge in [-0.3, -0.25) is 58.0 Å². The Morgan fingerprint density at radius 3 is 2.07 bits per heavy atom. The van der Waals surface area contributed by atoms with Gasteiger partial charge in [0.25, 0.3) is 11.8 Å². The van der Waals surface area contributed by atoms with Gasteiger partial charge >= 0.3 is 29.8 Å². The number of hydrogen-bond acceptors (Lipinski definition) is 11. The Kier molecular flexibility index (Phi) is 14.5. The van der Waals surface area contributed by atoms with Crippen LogP contribution in [0.1, 0.15) is 38.5 Å². The van der Waals surface area contributed by atoms with Crippen molar-refractivity contribution < 1.29 is 63.9 Å². The van der Waals surface area contributed by atoms with Crippen molar-refractivity contribution in [2.24, 2.45) is 0 Å². The van der Waals surface area contributed by atoms with Gasteiger partial charge in [0, 0.05) is 57.3 Å². The van der Waals surface area contributed by atoms with Crippen molar-refractivity contribution in [1.29, 1.82) is 0 Å². The number of nitrogens with one attached hydrogen (secondary N) is 1. The van der Waals surface area contributed by atoms with Crippen LogP contribution in [0.2, 0.25) is 0 Å². The van der Waals surface area contributed by atoms with Crippen LogP contribution in [-0.4, -0.2) is 163 Å². The summed E-state index contributed by atoms with van der Waals surface area (Å²) < 4.78 is 0. The van der Waals surface area contributed by atoms with Gasteiger partial charge in [0.15, 0.2) is 0 Å². The number of likely N-dealkylation sites (tertiary alicyclic amines) is 1. The van der Waals surface area contributed by atoms with E-state index in [1.807, 2.05) is 0 Å². The molecule has 0 aromatic heterocycles. The van der Waals surface area contributed by atoms with Crippen molar-refractivity contribution in [3.8, 4) is 0 Å². The van der Waals surface area contributed by atoms with Gasteiger partial charge in [0.05, 0.1) is 19.6 Å². The van der Waals surface area contributed by atoms with Crippen molar-refractivity contribution >= 4 is 47.6 Å². The first-order valence-electron chi connectivity index (χ1n) is 14.3. The molecule has 2 aliphatic heterocycles. The van der Waals surface area contributed by atoms with E-state index in [9.17, 15) is 63.9 Å². The largest absolute Gasteiger partial charge is 0.480 e. The zero-order valence-corrected chi connectivity index (χ0v) is 24.6. The number of carboxylic acids is 5. The highest BCUT2D eigenvalue weighted by molar-refractivity contribution is 6.13. The molecule has 2 rings (SSSR count). The van der Waals surface area contributed by atoms with Crippen molar-refractivity contribution in [2.75, 3.05) is 52.4 Å². The van der Waals surface area contributed by atoms with E-state index in [0.717, 1.165) is 17.1 Å². The third-order valence-corrected chi connectivity index (χ3v) is 7.53. The molecule has 18 nitrogen and oxygen atoms in total. The molecular formula is C27H39N5O13. The topological polar surface area (TPSA) is 263 Å². The highest BCUT2D eigenvalue weighted by Gasteiger charge is 2.40. The lowest BCUT2D eigenvalue weighted by atomic mass is 10.1. The summed E-state index contributed by atoms with van der Waals surface area (Å²) in [6.07, 6.45) is 3.20. The maximum absolute atomic E-state index is 12.1. The number of carbonyl (C=O) groups excluding carboxylic acids is 3. The number of carbonyl (C=O) groups is 8. The third kappa shape index (κ3) is 12.2. The van der Waals surface area contributed by atoms with E-state index >= 15 is 0 Å². The lowest BCUT2D eigenvalue weighted by molar-refractivity contribution is -0.148. The predicted octanol–water partition coefficient (Wildman–Crippen LogP) is -2.18. The van der Waals surface area contributed by atoms with Crippen LogP contribution in [-0.2, 0) is 38.4 Å². The van der Waals surface area contributed by atoms with E-state index in [4.69, 9.17) is 0 Å². The molecule has 0 radical (unpaired) electrons. The number of hydrogen-bond donors (Lipinski definition) is 6. The number of aliphatic carboxylic acids is 5. The summed E-state index contributed by atoms with van der Waals surface area (Å²) >= 11 is 0. The van der Waals surface area contributed by atoms with Crippen molar-refractivity contribution in [3.63, 3.8) is 0 Å². The van der Waals surface area contributed by atoms with Crippen molar-refractivity contribution in [3.05, 3.63) is 12.2 Å². The molecule has 1 unspecified atom stereocenters. The summed E-state index contributed by atoms with van der Waals surface area (Å²) in [4.78, 5) is 98.2. The molecule has 1 saturated heterocycles. The number of unbranched alkanes of at least 4 members (excludes halogenated alkanes) is 1. The fourth-order valence-electron chi connectivity index (χ4n) is 5.41. The van der Waals surface area contributed by atoms with Crippen LogP contribution < -0.4 is 5.32 Å². The Labute approximate surface area is 257 Å². The first-order chi connectivity index (χ1) is 21.2. The molecule has 0 saturated carbocycles. The Hall–Kier alpha value is -4.42. The lowest BCUT2D eigenvalue weighted by Crippen LogP contribution is -2.51. The van der Waals surface area contributed by atoms with Gasteiger partial charge in [0.1, 0.15) is 12.1 Å². The predicted molar refractivity (Wildman–Crippen MR) is 151 cm³/mol. The van der Waals surface area contributed by atoms with Gasteiger partial charge in [-0.1, -0.05) is 0 Å². The first kappa shape index (κ1) is 36.8. The van der Waals surface area contributed by atoms with Gasteiger partial charge in [-0.2, -0.15) is 0 Å². The van der Waals surface area contributed by atoms with Gasteiger partial charge < -0.3 is 30.8 Å². The number of imide groups is 1. The van der Waals surface area contributed by atoms with Gasteiger partial charge in [-0.25, -0.2) is 0 Å². The van der Waals surface area contributed by atoms with Crippen LogP contribution in [0.25, 0.3) is 0 Å². The molecule has 0 spiro atoms. The van der Waals surface area contributed by atoms with Crippen LogP contribution in [0.15, 0.2) is 12.2 Å². The van der Waals surface area contributed by atoms with E-state index in [1.165, 1.54) is 14.7 Å². The first-order valence-corrected chi connectivity index (χ1v) is 14.3. The molecule has 1 fully saturated rings. The van der Waals surface area contributed by atoms with Crippen LogP contribution in [0.4, 0.5) is 0 Å². The summed E-state index contributed by atoms with van der Waals surface area (Å²) in [6, 6.07) is -2.92. The number of carboxylic acid groups (broad SMARTS) is 5. The van der Waals surface area contributed by atoms with Gasteiger partial charge in [-0.15, -0.1) is 0 Å². The Morgan fingerprint density at radius 1 is 0.867 bits per heavy atom. The zero-order chi connectivity index (χ0) is 33.7. The monoisotopic (exact) mass is 641 g/mol. The minimum Gasteiger partial charge on any atom is -0.480 e. The number of rotatable bonds is 22. The molecule has 6 N–H and O–H groups in total. The Morgan fingerprint density at radius 2 is 1.51 bits per heavy atom. The molecule has 0 aromatic carbocycles. The smallest absolute Gasteiger partial charge is 0.320 e. The molecule has 0 aromatic rings. The van der Waals surface area contributed by atoms with Gasteiger partial charge in [0.2, 0.25) is 5.91 Å². The summed E-state index contributed by atoms with van der Waals surface area (Å²) in [5.74, 6) is -7.71. The molecule has 45 heavy (non-hydrogen) atoms. The quantitative estimate of drug-likeness (QED) is 0.0542. The standard InChI is InChI=1S/C27H39N5O13/c33-20(8-10-31-21(34)6-7-22(31)35)28-9-2-1-3-18(26(42)43)30(15-24(38)39)12-11-29(14-23(36)37)13-17-4-5-19(27(44)45)32(17)16-25(40)41/h6-7,17-19H,1-5,8-16H2,(H,28,33)(H,36,37)(H,38,39)(H,40,41)(H,42,43)(H,44,45)/t17-,18?,19-/m1/s1. The molecule has 2 aliphatic rings. The van der Waals surface area contributed by atoms with E-state index in [-0.39, 0.29) is 58.4 Å². The second-order valence-corrected chi connectivity index (χ2v) is 10.8. The fourth-order valence-corrected chi connectivity index (χ4v) is 5.41. The zero-order valence-electron chi connectivity index (χ0n) is 24.6. The molecule has 2 heterocycles. The van der Waals surface area contributed by atoms with E-state index in [1.54, 1.807) is 0 Å². The highest BCUT2D eigenvalue weighted by Crippen LogP contribution is 2.25. The maximum Gasteiger partial charge on any atom is 0.320 e. The van der Waals surface area contributed by atoms with Gasteiger partial charge in [-0.05, 0) is 32.1 Å². The van der Waals surface area contributed by atoms with E-state index in [2.05, 4.69) is 5.32 Å². The average Bonchev–Trinajstić information content (AvgIpc) is 3.47. The van der Waals surface area contributed by atoms with E-state index < -0.39 is 85.3 Å². The molecule has 18 heteroatoms. The number of nitrogens with zero attached hydrogens (tertiary/aromatic N) is 4. The summed E-state index contributed by atoms with van der Waals surface area (Å²) in [5, 5.41) is 50.1. The Balaban J connectivity index is 1.95. The van der Waals surface area contributed by atoms with Crippen LogP contribution >= 0.6 is 0 Å². The van der Waals surface area contributed by atoms with Crippen LogP contribution in [0.5, 0.6) is 0 Å².